The van der Waals surface area contributed by atoms with Crippen molar-refractivity contribution in [2.75, 3.05) is 11.1 Å². The summed E-state index contributed by atoms with van der Waals surface area (Å²) in [4.78, 5) is 12.7. The molecule has 140 valence electrons. The number of halogens is 1. The molecule has 0 aliphatic rings. The Balaban J connectivity index is 1.51. The van der Waals surface area contributed by atoms with Crippen LogP contribution in [0.2, 0.25) is 5.02 Å². The summed E-state index contributed by atoms with van der Waals surface area (Å²) >= 11 is 7.43. The maximum absolute atomic E-state index is 6.05. The van der Waals surface area contributed by atoms with Crippen molar-refractivity contribution in [3.05, 3.63) is 65.4 Å². The molecule has 4 aromatic rings. The zero-order chi connectivity index (χ0) is 19.3. The number of nitrogen functional groups attached to an aromatic ring is 1. The second-order valence-corrected chi connectivity index (χ2v) is 6.95. The third kappa shape index (κ3) is 4.35. The standard InChI is InChI=1S/C17H14ClN9S/c18-11-5-4-8-13(9-11)27-17(24-25-26-27)28-10-14-21-15(19)23-16(22-14)20-12-6-2-1-3-7-12/h1-9H,10H2,(H3,19,20,21,22,23). The van der Waals surface area contributed by atoms with Crippen molar-refractivity contribution in [1.82, 2.24) is 35.2 Å². The minimum Gasteiger partial charge on any atom is -0.368 e. The van der Waals surface area contributed by atoms with Crippen molar-refractivity contribution in [1.29, 1.82) is 0 Å². The zero-order valence-electron chi connectivity index (χ0n) is 14.4. The fraction of sp³-hybridized carbons (Fsp3) is 0.0588. The van der Waals surface area contributed by atoms with E-state index in [-0.39, 0.29) is 5.95 Å². The van der Waals surface area contributed by atoms with Gasteiger partial charge in [-0.05, 0) is 40.8 Å². The van der Waals surface area contributed by atoms with Crippen LogP contribution >= 0.6 is 23.4 Å². The van der Waals surface area contributed by atoms with Gasteiger partial charge in [0.2, 0.25) is 17.1 Å². The third-order valence-corrected chi connectivity index (χ3v) is 4.70. The van der Waals surface area contributed by atoms with E-state index in [2.05, 4.69) is 35.8 Å². The van der Waals surface area contributed by atoms with Crippen LogP contribution in [0.25, 0.3) is 5.69 Å². The molecule has 0 fully saturated rings. The van der Waals surface area contributed by atoms with Gasteiger partial charge < -0.3 is 11.1 Å². The maximum atomic E-state index is 6.05. The summed E-state index contributed by atoms with van der Waals surface area (Å²) in [6.45, 7) is 0. The van der Waals surface area contributed by atoms with Gasteiger partial charge in [0.25, 0.3) is 0 Å². The second-order valence-electron chi connectivity index (χ2n) is 5.57. The van der Waals surface area contributed by atoms with E-state index >= 15 is 0 Å². The van der Waals surface area contributed by atoms with Crippen LogP contribution in [0.1, 0.15) is 5.82 Å². The molecule has 0 unspecified atom stereocenters. The fourth-order valence-corrected chi connectivity index (χ4v) is 3.31. The molecule has 0 spiro atoms. The molecule has 0 atom stereocenters. The predicted molar refractivity (Wildman–Crippen MR) is 108 cm³/mol. The number of rotatable bonds is 6. The summed E-state index contributed by atoms with van der Waals surface area (Å²) in [5.41, 5.74) is 7.45. The van der Waals surface area contributed by atoms with Crippen molar-refractivity contribution < 1.29 is 0 Å². The van der Waals surface area contributed by atoms with E-state index in [0.717, 1.165) is 11.4 Å². The largest absolute Gasteiger partial charge is 0.368 e. The van der Waals surface area contributed by atoms with E-state index in [1.807, 2.05) is 42.5 Å². The molecule has 9 nitrogen and oxygen atoms in total. The van der Waals surface area contributed by atoms with Gasteiger partial charge in [0.15, 0.2) is 0 Å². The first-order valence-corrected chi connectivity index (χ1v) is 9.53. The lowest BCUT2D eigenvalue weighted by molar-refractivity contribution is 0.756. The molecule has 0 saturated carbocycles. The number of hydrogen-bond donors (Lipinski definition) is 2. The number of thioether (sulfide) groups is 1. The van der Waals surface area contributed by atoms with Gasteiger partial charge in [0.1, 0.15) is 5.82 Å². The lowest BCUT2D eigenvalue weighted by atomic mass is 10.3. The highest BCUT2D eigenvalue weighted by Gasteiger charge is 2.12. The minimum absolute atomic E-state index is 0.137. The van der Waals surface area contributed by atoms with E-state index in [9.17, 15) is 0 Å². The molecule has 28 heavy (non-hydrogen) atoms. The summed E-state index contributed by atoms with van der Waals surface area (Å²) < 4.78 is 1.60. The van der Waals surface area contributed by atoms with Crippen molar-refractivity contribution >= 4 is 40.9 Å². The molecule has 0 aliphatic carbocycles. The molecule has 0 bridgehead atoms. The lowest BCUT2D eigenvalue weighted by Gasteiger charge is -2.07. The number of para-hydroxylation sites is 1. The van der Waals surface area contributed by atoms with E-state index < -0.39 is 0 Å². The van der Waals surface area contributed by atoms with Crippen LogP contribution in [0.15, 0.2) is 59.8 Å². The van der Waals surface area contributed by atoms with Crippen LogP contribution in [-0.4, -0.2) is 35.2 Å². The number of nitrogens with one attached hydrogen (secondary N) is 1. The number of benzene rings is 2. The number of nitrogens with zero attached hydrogens (tertiary/aromatic N) is 7. The van der Waals surface area contributed by atoms with E-state index in [1.165, 1.54) is 11.8 Å². The molecule has 0 aliphatic heterocycles. The molecule has 4 rings (SSSR count). The average Bonchev–Trinajstić information content (AvgIpc) is 3.15. The van der Waals surface area contributed by atoms with Crippen LogP contribution in [-0.2, 0) is 5.75 Å². The molecule has 3 N–H and O–H groups in total. The smallest absolute Gasteiger partial charge is 0.232 e. The molecular weight excluding hydrogens is 398 g/mol. The first kappa shape index (κ1) is 18.1. The fourth-order valence-electron chi connectivity index (χ4n) is 2.38. The minimum atomic E-state index is 0.137. The SMILES string of the molecule is Nc1nc(CSc2nnnn2-c2cccc(Cl)c2)nc(Nc2ccccc2)n1. The molecule has 2 heterocycles. The van der Waals surface area contributed by atoms with Crippen molar-refractivity contribution in [3.63, 3.8) is 0 Å². The molecule has 2 aromatic heterocycles. The average molecular weight is 412 g/mol. The predicted octanol–water partition coefficient (Wildman–Crippen LogP) is 3.12. The van der Waals surface area contributed by atoms with Gasteiger partial charge in [-0.25, -0.2) is 0 Å². The number of tetrazole rings is 1. The lowest BCUT2D eigenvalue weighted by Crippen LogP contribution is -2.07. The maximum Gasteiger partial charge on any atom is 0.232 e. The van der Waals surface area contributed by atoms with Crippen molar-refractivity contribution in [2.24, 2.45) is 0 Å². The Labute approximate surface area is 169 Å². The van der Waals surface area contributed by atoms with Gasteiger partial charge in [-0.3, -0.25) is 0 Å². The number of nitrogens with two attached hydrogens (primary N) is 1. The van der Waals surface area contributed by atoms with Crippen LogP contribution in [0.4, 0.5) is 17.6 Å². The Morgan fingerprint density at radius 3 is 2.71 bits per heavy atom. The molecule has 0 radical (unpaired) electrons. The van der Waals surface area contributed by atoms with E-state index in [1.54, 1.807) is 16.8 Å². The quantitative estimate of drug-likeness (QED) is 0.461. The Kier molecular flexibility index (Phi) is 5.31. The molecule has 2 aromatic carbocycles. The van der Waals surface area contributed by atoms with E-state index in [4.69, 9.17) is 17.3 Å². The number of aromatic nitrogens is 7. The van der Waals surface area contributed by atoms with Crippen molar-refractivity contribution in [2.45, 2.75) is 10.9 Å². The van der Waals surface area contributed by atoms with Crippen LogP contribution in [0, 0.1) is 0 Å². The first-order chi connectivity index (χ1) is 13.7. The molecule has 0 amide bonds. The highest BCUT2D eigenvalue weighted by Crippen LogP contribution is 2.23. The van der Waals surface area contributed by atoms with Crippen molar-refractivity contribution in [3.8, 4) is 5.69 Å². The van der Waals surface area contributed by atoms with Gasteiger partial charge in [-0.2, -0.15) is 19.6 Å². The summed E-state index contributed by atoms with van der Waals surface area (Å²) in [5.74, 6) is 1.44. The van der Waals surface area contributed by atoms with Gasteiger partial charge in [0, 0.05) is 10.7 Å². The monoisotopic (exact) mass is 411 g/mol. The highest BCUT2D eigenvalue weighted by molar-refractivity contribution is 7.98. The van der Waals surface area contributed by atoms with Gasteiger partial charge in [0.05, 0.1) is 11.4 Å². The number of hydrogen-bond acceptors (Lipinski definition) is 9. The van der Waals surface area contributed by atoms with Gasteiger partial charge >= 0.3 is 0 Å². The number of anilines is 3. The van der Waals surface area contributed by atoms with Gasteiger partial charge in [-0.1, -0.05) is 47.6 Å². The third-order valence-electron chi connectivity index (χ3n) is 3.55. The summed E-state index contributed by atoms with van der Waals surface area (Å²) in [7, 11) is 0. The zero-order valence-corrected chi connectivity index (χ0v) is 16.0. The Bertz CT molecular complexity index is 1090. The van der Waals surface area contributed by atoms with E-state index in [0.29, 0.717) is 27.7 Å². The molecule has 11 heteroatoms. The summed E-state index contributed by atoms with van der Waals surface area (Å²) in [5, 5.41) is 16.1. The van der Waals surface area contributed by atoms with Gasteiger partial charge in [-0.15, -0.1) is 5.10 Å². The topological polar surface area (TPSA) is 120 Å². The van der Waals surface area contributed by atoms with Crippen LogP contribution < -0.4 is 11.1 Å². The van der Waals surface area contributed by atoms with Crippen LogP contribution in [0.5, 0.6) is 0 Å². The first-order valence-electron chi connectivity index (χ1n) is 8.17. The summed E-state index contributed by atoms with van der Waals surface area (Å²) in [6, 6.07) is 16.9. The molecular formula is C17H14ClN9S. The highest BCUT2D eigenvalue weighted by atomic mass is 35.5. The molecule has 0 saturated heterocycles. The Hall–Kier alpha value is -3.24. The Morgan fingerprint density at radius 1 is 1.04 bits per heavy atom. The van der Waals surface area contributed by atoms with Crippen LogP contribution in [0.3, 0.4) is 0 Å². The summed E-state index contributed by atoms with van der Waals surface area (Å²) in [6.07, 6.45) is 0. The second kappa shape index (κ2) is 8.19. The Morgan fingerprint density at radius 2 is 1.89 bits per heavy atom. The normalized spacial score (nSPS) is 10.8.